The van der Waals surface area contributed by atoms with E-state index in [1.54, 1.807) is 4.57 Å². The summed E-state index contributed by atoms with van der Waals surface area (Å²) in [6.45, 7) is 11.3. The van der Waals surface area contributed by atoms with Crippen LogP contribution < -0.4 is 11.3 Å². The average Bonchev–Trinajstić information content (AvgIpc) is 2.94. The minimum atomic E-state index is -0.429. The third-order valence-electron chi connectivity index (χ3n) is 7.37. The smallest absolute Gasteiger partial charge is 0.262 e. The number of carbonyl (C=O) groups is 1. The van der Waals surface area contributed by atoms with Gasteiger partial charge in [0.2, 0.25) is 0 Å². The van der Waals surface area contributed by atoms with Gasteiger partial charge in [0.25, 0.3) is 11.5 Å². The maximum Gasteiger partial charge on any atom is 0.262 e. The fraction of sp³-hybridized carbons (Fsp3) is 0.324. The van der Waals surface area contributed by atoms with Gasteiger partial charge in [-0.3, -0.25) is 14.2 Å². The highest BCUT2D eigenvalue weighted by Crippen LogP contribution is 2.31. The summed E-state index contributed by atoms with van der Waals surface area (Å²) in [4.78, 5) is 35.4. The number of benzene rings is 3. The van der Waals surface area contributed by atoms with E-state index in [1.807, 2.05) is 105 Å². The largest absolute Gasteiger partial charge is 0.330 e. The molecule has 0 saturated carbocycles. The molecule has 6 nitrogen and oxygen atoms in total. The lowest BCUT2D eigenvalue weighted by Gasteiger charge is -2.36. The van der Waals surface area contributed by atoms with E-state index in [0.717, 1.165) is 22.3 Å². The molecule has 0 fully saturated rings. The van der Waals surface area contributed by atoms with Crippen molar-refractivity contribution in [2.24, 2.45) is 11.7 Å². The second-order valence-electron chi connectivity index (χ2n) is 10.8. The van der Waals surface area contributed by atoms with E-state index in [4.69, 9.17) is 10.7 Å². The van der Waals surface area contributed by atoms with Crippen molar-refractivity contribution in [3.63, 3.8) is 0 Å². The van der Waals surface area contributed by atoms with Gasteiger partial charge in [-0.05, 0) is 68.5 Å². The number of aryl methyl sites for hydroxylation is 3. The zero-order valence-corrected chi connectivity index (χ0v) is 24.2. The van der Waals surface area contributed by atoms with Gasteiger partial charge in [-0.25, -0.2) is 4.98 Å². The second-order valence-corrected chi connectivity index (χ2v) is 10.8. The molecule has 0 saturated heterocycles. The molecule has 0 spiro atoms. The maximum atomic E-state index is 14.4. The van der Waals surface area contributed by atoms with Gasteiger partial charge in [0.15, 0.2) is 0 Å². The van der Waals surface area contributed by atoms with Gasteiger partial charge in [0, 0.05) is 12.1 Å². The van der Waals surface area contributed by atoms with E-state index >= 15 is 0 Å². The van der Waals surface area contributed by atoms with Gasteiger partial charge in [0.1, 0.15) is 5.82 Å². The van der Waals surface area contributed by atoms with Gasteiger partial charge in [-0.1, -0.05) is 86.1 Å². The molecule has 6 heteroatoms. The number of hydrogen-bond acceptors (Lipinski definition) is 4. The van der Waals surface area contributed by atoms with Crippen molar-refractivity contribution in [1.29, 1.82) is 0 Å². The minimum absolute atomic E-state index is 0.00944. The first-order chi connectivity index (χ1) is 19.2. The van der Waals surface area contributed by atoms with Gasteiger partial charge < -0.3 is 10.6 Å². The summed E-state index contributed by atoms with van der Waals surface area (Å²) in [5.74, 6) is 0.495. The molecule has 4 rings (SSSR count). The number of nitrogens with two attached hydrogens (primary N) is 1. The van der Waals surface area contributed by atoms with E-state index in [1.165, 1.54) is 0 Å². The van der Waals surface area contributed by atoms with E-state index in [9.17, 15) is 9.59 Å². The van der Waals surface area contributed by atoms with Crippen LogP contribution in [0.1, 0.15) is 64.9 Å². The predicted octanol–water partition coefficient (Wildman–Crippen LogP) is 6.07. The molecule has 2 N–H and O–H groups in total. The van der Waals surface area contributed by atoms with Crippen LogP contribution in [-0.4, -0.2) is 33.4 Å². The number of hydrogen-bond donors (Lipinski definition) is 1. The third-order valence-corrected chi connectivity index (χ3v) is 7.37. The molecule has 1 aromatic heterocycles. The van der Waals surface area contributed by atoms with Crippen LogP contribution in [0.15, 0.2) is 83.7 Å². The molecule has 1 unspecified atom stereocenters. The zero-order chi connectivity index (χ0) is 28.8. The van der Waals surface area contributed by atoms with E-state index in [-0.39, 0.29) is 17.4 Å². The summed E-state index contributed by atoms with van der Waals surface area (Å²) in [5, 5.41) is 0. The molecule has 3 aromatic carbocycles. The van der Waals surface area contributed by atoms with Crippen LogP contribution in [0, 0.1) is 26.7 Å². The van der Waals surface area contributed by atoms with E-state index in [0.29, 0.717) is 48.7 Å². The Bertz CT molecular complexity index is 1510. The molecular weight excluding hydrogens is 496 g/mol. The summed E-state index contributed by atoms with van der Waals surface area (Å²) < 4.78 is 1.77. The Balaban J connectivity index is 1.95. The Morgan fingerprint density at radius 2 is 1.57 bits per heavy atom. The number of rotatable bonds is 10. The first-order valence-electron chi connectivity index (χ1n) is 14.0. The normalized spacial score (nSPS) is 12.0. The van der Waals surface area contributed by atoms with Crippen molar-refractivity contribution in [3.8, 4) is 11.1 Å². The van der Waals surface area contributed by atoms with E-state index < -0.39 is 6.04 Å². The number of nitrogens with zero attached hydrogens (tertiary/aromatic N) is 3. The maximum absolute atomic E-state index is 14.4. The average molecular weight is 537 g/mol. The molecule has 0 bridgehead atoms. The molecule has 1 atom stereocenters. The van der Waals surface area contributed by atoms with Crippen LogP contribution in [0.4, 0.5) is 0 Å². The predicted molar refractivity (Wildman–Crippen MR) is 162 cm³/mol. The molecule has 1 heterocycles. The molecule has 0 aliphatic heterocycles. The van der Waals surface area contributed by atoms with Crippen molar-refractivity contribution in [2.75, 3.05) is 13.1 Å². The lowest BCUT2D eigenvalue weighted by Crippen LogP contribution is -2.42. The van der Waals surface area contributed by atoms with Crippen LogP contribution in [-0.2, 0) is 6.54 Å². The minimum Gasteiger partial charge on any atom is -0.330 e. The monoisotopic (exact) mass is 536 g/mol. The quantitative estimate of drug-likeness (QED) is 0.267. The van der Waals surface area contributed by atoms with Gasteiger partial charge in [-0.2, -0.15) is 0 Å². The van der Waals surface area contributed by atoms with Crippen LogP contribution in [0.25, 0.3) is 11.1 Å². The number of amides is 1. The Labute approximate surface area is 237 Å². The highest BCUT2D eigenvalue weighted by Gasteiger charge is 2.33. The lowest BCUT2D eigenvalue weighted by molar-refractivity contribution is 0.0602. The molecule has 0 aliphatic carbocycles. The van der Waals surface area contributed by atoms with Gasteiger partial charge in [0.05, 0.1) is 23.8 Å². The fourth-order valence-electron chi connectivity index (χ4n) is 5.28. The zero-order valence-electron chi connectivity index (χ0n) is 24.2. The van der Waals surface area contributed by atoms with Crippen molar-refractivity contribution < 1.29 is 4.79 Å². The summed E-state index contributed by atoms with van der Waals surface area (Å²) in [6.07, 6.45) is 0.643. The van der Waals surface area contributed by atoms with Crippen LogP contribution in [0.5, 0.6) is 0 Å². The standard InChI is InChI=1S/C34H40N4O2/c1-23(2)31(37(21-11-20-35)33(39)28-18-16-24(3)17-19-28)32-36-26(5)30(29-15-10-9-12-25(29)4)34(40)38(32)22-27-13-7-6-8-14-27/h6-10,12-19,23,31H,11,20-22,35H2,1-5H3. The van der Waals surface area contributed by atoms with Gasteiger partial charge in [-0.15, -0.1) is 0 Å². The fourth-order valence-corrected chi connectivity index (χ4v) is 5.28. The lowest BCUT2D eigenvalue weighted by atomic mass is 9.97. The highest BCUT2D eigenvalue weighted by molar-refractivity contribution is 5.94. The second kappa shape index (κ2) is 12.9. The molecular formula is C34H40N4O2. The molecule has 208 valence electrons. The number of carbonyl (C=O) groups excluding carboxylic acids is 1. The third kappa shape index (κ3) is 6.23. The first kappa shape index (κ1) is 29.0. The van der Waals surface area contributed by atoms with E-state index in [2.05, 4.69) is 13.8 Å². The Hall–Kier alpha value is -4.03. The van der Waals surface area contributed by atoms with Crippen LogP contribution in [0.2, 0.25) is 0 Å². The summed E-state index contributed by atoms with van der Waals surface area (Å²) in [5.41, 5.74) is 11.7. The Kier molecular flexibility index (Phi) is 9.33. The summed E-state index contributed by atoms with van der Waals surface area (Å²) >= 11 is 0. The van der Waals surface area contributed by atoms with Crippen molar-refractivity contribution in [3.05, 3.63) is 123 Å². The Morgan fingerprint density at radius 3 is 2.20 bits per heavy atom. The first-order valence-corrected chi connectivity index (χ1v) is 14.0. The molecule has 4 aromatic rings. The highest BCUT2D eigenvalue weighted by atomic mass is 16.2. The summed E-state index contributed by atoms with van der Waals surface area (Å²) in [6, 6.07) is 25.0. The van der Waals surface area contributed by atoms with Crippen molar-refractivity contribution in [1.82, 2.24) is 14.5 Å². The molecule has 0 aliphatic rings. The van der Waals surface area contributed by atoms with Crippen LogP contribution >= 0.6 is 0 Å². The molecule has 0 radical (unpaired) electrons. The Morgan fingerprint density at radius 1 is 0.925 bits per heavy atom. The molecule has 1 amide bonds. The number of aromatic nitrogens is 2. The SMILES string of the molecule is Cc1ccc(C(=O)N(CCCN)C(c2nc(C)c(-c3ccccc3C)c(=O)n2Cc2ccccc2)C(C)C)cc1. The molecule has 40 heavy (non-hydrogen) atoms. The van der Waals surface area contributed by atoms with Crippen LogP contribution in [0.3, 0.4) is 0 Å². The van der Waals surface area contributed by atoms with Gasteiger partial charge >= 0.3 is 0 Å². The van der Waals surface area contributed by atoms with Crippen molar-refractivity contribution >= 4 is 5.91 Å². The summed E-state index contributed by atoms with van der Waals surface area (Å²) in [7, 11) is 0. The topological polar surface area (TPSA) is 81.2 Å². The van der Waals surface area contributed by atoms with Crippen molar-refractivity contribution in [2.45, 2.75) is 53.6 Å².